The van der Waals surface area contributed by atoms with E-state index in [1.54, 1.807) is 24.3 Å². The first-order chi connectivity index (χ1) is 15.4. The van der Waals surface area contributed by atoms with E-state index in [1.807, 2.05) is 0 Å². The van der Waals surface area contributed by atoms with Crippen LogP contribution < -0.4 is 21.1 Å². The number of aromatic nitrogens is 3. The number of nitrogens with zero attached hydrogens (tertiary/aromatic N) is 2. The van der Waals surface area contributed by atoms with Crippen LogP contribution in [0.5, 0.6) is 5.75 Å². The number of hydrogen-bond acceptors (Lipinski definition) is 6. The highest BCUT2D eigenvalue weighted by Crippen LogP contribution is 2.28. The first kappa shape index (κ1) is 19.4. The summed E-state index contributed by atoms with van der Waals surface area (Å²) in [6.45, 7) is 0.118. The molecular weight excluding hydrogens is 416 g/mol. The highest BCUT2D eigenvalue weighted by atomic mass is 16.5. The molecule has 11 nitrogen and oxygen atoms in total. The lowest BCUT2D eigenvalue weighted by atomic mass is 9.99. The molecule has 1 saturated heterocycles. The zero-order valence-corrected chi connectivity index (χ0v) is 16.7. The third kappa shape index (κ3) is 3.14. The van der Waals surface area contributed by atoms with Gasteiger partial charge in [-0.1, -0.05) is 17.9 Å². The van der Waals surface area contributed by atoms with E-state index in [2.05, 4.69) is 37.4 Å². The van der Waals surface area contributed by atoms with E-state index in [0.717, 1.165) is 5.56 Å². The van der Waals surface area contributed by atoms with Gasteiger partial charge in [0.2, 0.25) is 5.54 Å². The molecule has 4 N–H and O–H groups in total. The van der Waals surface area contributed by atoms with Crippen molar-refractivity contribution in [3.8, 4) is 17.6 Å². The third-order valence-electron chi connectivity index (χ3n) is 5.35. The van der Waals surface area contributed by atoms with Gasteiger partial charge in [-0.3, -0.25) is 19.9 Å². The molecule has 0 spiro atoms. The van der Waals surface area contributed by atoms with Gasteiger partial charge < -0.3 is 19.9 Å². The van der Waals surface area contributed by atoms with Crippen LogP contribution >= 0.6 is 0 Å². The van der Waals surface area contributed by atoms with Crippen molar-refractivity contribution in [1.29, 1.82) is 0 Å². The minimum Gasteiger partial charge on any atom is -0.497 e. The highest BCUT2D eigenvalue weighted by Gasteiger charge is 2.48. The van der Waals surface area contributed by atoms with Crippen LogP contribution in [0.4, 0.5) is 4.79 Å². The predicted octanol–water partition coefficient (Wildman–Crippen LogP) is -0.154. The molecule has 0 bridgehead atoms. The number of imidazole rings is 1. The molecule has 1 aromatic carbocycles. The smallest absolute Gasteiger partial charge is 0.325 e. The van der Waals surface area contributed by atoms with E-state index in [9.17, 15) is 19.2 Å². The monoisotopic (exact) mass is 432 g/mol. The lowest BCUT2D eigenvalue weighted by Gasteiger charge is -2.26. The molecule has 2 aliphatic heterocycles. The van der Waals surface area contributed by atoms with Gasteiger partial charge in [0.25, 0.3) is 11.8 Å². The largest absolute Gasteiger partial charge is 0.497 e. The predicted molar refractivity (Wildman–Crippen MR) is 111 cm³/mol. The standard InChI is InChI=1S/C21H16N6O5/c1-32-13-3-2-12-9-27(17(28)14(12)7-13)10-21(18(29)25-20(31)26-21)5-4-11-6-15-16(22-8-11)24-19(30)23-15/h2-3,6-8H,9-10H2,1H3,(H2,22,23,24,30)(H2,25,26,29,31)/t21-/m1/s1. The number of pyridine rings is 1. The molecule has 3 aromatic rings. The van der Waals surface area contributed by atoms with Crippen LogP contribution in [-0.4, -0.2) is 56.9 Å². The molecule has 0 aliphatic carbocycles. The molecule has 0 radical (unpaired) electrons. The van der Waals surface area contributed by atoms with Gasteiger partial charge in [0.05, 0.1) is 19.2 Å². The normalized spacial score (nSPS) is 19.4. The molecule has 2 aliphatic rings. The zero-order valence-electron chi connectivity index (χ0n) is 16.7. The fourth-order valence-corrected chi connectivity index (χ4v) is 3.78. The van der Waals surface area contributed by atoms with Crippen LogP contribution in [0.3, 0.4) is 0 Å². The molecule has 2 aromatic heterocycles. The van der Waals surface area contributed by atoms with Crippen LogP contribution in [0.15, 0.2) is 35.3 Å². The van der Waals surface area contributed by atoms with Gasteiger partial charge in [0.1, 0.15) is 5.75 Å². The maximum atomic E-state index is 12.9. The Balaban J connectivity index is 1.48. The Hall–Kier alpha value is -4.59. The van der Waals surface area contributed by atoms with Crippen molar-refractivity contribution in [2.45, 2.75) is 12.1 Å². The Morgan fingerprint density at radius 2 is 2.03 bits per heavy atom. The number of amides is 4. The summed E-state index contributed by atoms with van der Waals surface area (Å²) in [4.78, 5) is 59.6. The van der Waals surface area contributed by atoms with Crippen LogP contribution in [-0.2, 0) is 11.3 Å². The number of methoxy groups -OCH3 is 1. The molecule has 32 heavy (non-hydrogen) atoms. The zero-order chi connectivity index (χ0) is 22.5. The number of nitrogens with one attached hydrogen (secondary N) is 4. The van der Waals surface area contributed by atoms with E-state index >= 15 is 0 Å². The summed E-state index contributed by atoms with van der Waals surface area (Å²) in [5.74, 6) is 5.24. The van der Waals surface area contributed by atoms with E-state index in [1.165, 1.54) is 18.2 Å². The van der Waals surface area contributed by atoms with E-state index < -0.39 is 23.2 Å². The second-order valence-corrected chi connectivity index (χ2v) is 7.45. The molecule has 5 rings (SSSR count). The van der Waals surface area contributed by atoms with E-state index in [4.69, 9.17) is 4.74 Å². The highest BCUT2D eigenvalue weighted by molar-refractivity contribution is 6.10. The summed E-state index contributed by atoms with van der Waals surface area (Å²) in [6, 6.07) is 6.08. The fraction of sp³-hybridized carbons (Fsp3) is 0.190. The van der Waals surface area contributed by atoms with E-state index in [0.29, 0.717) is 28.0 Å². The lowest BCUT2D eigenvalue weighted by Crippen LogP contribution is -2.54. The number of rotatable bonds is 3. The number of ether oxygens (including phenoxy) is 1. The van der Waals surface area contributed by atoms with Gasteiger partial charge in [0, 0.05) is 23.9 Å². The second kappa shape index (κ2) is 6.98. The molecule has 1 fully saturated rings. The molecule has 4 amide bonds. The number of urea groups is 1. The minimum atomic E-state index is -1.64. The first-order valence-electron chi connectivity index (χ1n) is 9.58. The quantitative estimate of drug-likeness (QED) is 0.334. The molecule has 160 valence electrons. The number of carbonyl (C=O) groups is 3. The molecule has 1 atom stereocenters. The summed E-state index contributed by atoms with van der Waals surface area (Å²) in [6.07, 6.45) is 1.44. The van der Waals surface area contributed by atoms with Crippen molar-refractivity contribution >= 4 is 29.0 Å². The number of hydrogen-bond donors (Lipinski definition) is 4. The number of aromatic amines is 2. The molecule has 0 saturated carbocycles. The third-order valence-corrected chi connectivity index (χ3v) is 5.35. The molecule has 4 heterocycles. The lowest BCUT2D eigenvalue weighted by molar-refractivity contribution is -0.122. The molecule has 11 heteroatoms. The Bertz CT molecular complexity index is 1430. The molecule has 0 unspecified atom stereocenters. The first-order valence-corrected chi connectivity index (χ1v) is 9.58. The maximum Gasteiger partial charge on any atom is 0.325 e. The summed E-state index contributed by atoms with van der Waals surface area (Å²) < 4.78 is 5.18. The van der Waals surface area contributed by atoms with Crippen molar-refractivity contribution in [1.82, 2.24) is 30.5 Å². The number of carbonyl (C=O) groups excluding carboxylic acids is 3. The fourth-order valence-electron chi connectivity index (χ4n) is 3.78. The summed E-state index contributed by atoms with van der Waals surface area (Å²) in [5.41, 5.74) is 0.465. The van der Waals surface area contributed by atoms with Crippen LogP contribution in [0.1, 0.15) is 21.5 Å². The van der Waals surface area contributed by atoms with Crippen molar-refractivity contribution in [3.63, 3.8) is 0 Å². The Kier molecular flexibility index (Phi) is 4.23. The van der Waals surface area contributed by atoms with Gasteiger partial charge >= 0.3 is 11.7 Å². The summed E-state index contributed by atoms with van der Waals surface area (Å²) in [7, 11) is 1.51. The minimum absolute atomic E-state index is 0.149. The topological polar surface area (TPSA) is 149 Å². The van der Waals surface area contributed by atoms with Crippen molar-refractivity contribution in [2.75, 3.05) is 13.7 Å². The number of H-pyrrole nitrogens is 2. The van der Waals surface area contributed by atoms with Gasteiger partial charge in [-0.05, 0) is 23.8 Å². The SMILES string of the molecule is COc1ccc2c(c1)C(=O)N(C[C@@]1(C#Cc3cnc4[nH]c(=O)[nH]c4c3)NC(=O)NC1=O)C2. The van der Waals surface area contributed by atoms with Gasteiger partial charge in [-0.2, -0.15) is 0 Å². The van der Waals surface area contributed by atoms with Crippen LogP contribution in [0.2, 0.25) is 0 Å². The average molecular weight is 432 g/mol. The number of imide groups is 1. The van der Waals surface area contributed by atoms with Gasteiger partial charge in [-0.15, -0.1) is 0 Å². The average Bonchev–Trinajstić information content (AvgIpc) is 3.38. The Morgan fingerprint density at radius 3 is 2.78 bits per heavy atom. The van der Waals surface area contributed by atoms with E-state index in [-0.39, 0.29) is 19.0 Å². The van der Waals surface area contributed by atoms with Crippen molar-refractivity contribution in [3.05, 3.63) is 57.6 Å². The van der Waals surface area contributed by atoms with Crippen molar-refractivity contribution in [2.24, 2.45) is 0 Å². The van der Waals surface area contributed by atoms with Crippen molar-refractivity contribution < 1.29 is 19.1 Å². The Morgan fingerprint density at radius 1 is 1.19 bits per heavy atom. The second-order valence-electron chi connectivity index (χ2n) is 7.45. The van der Waals surface area contributed by atoms with Crippen LogP contribution in [0.25, 0.3) is 11.2 Å². The van der Waals surface area contributed by atoms with Crippen LogP contribution in [0, 0.1) is 11.8 Å². The summed E-state index contributed by atoms with van der Waals surface area (Å²) >= 11 is 0. The summed E-state index contributed by atoms with van der Waals surface area (Å²) in [5, 5.41) is 4.74. The number of fused-ring (bicyclic) bond motifs is 2. The Labute approximate surface area is 180 Å². The molecular formula is C21H16N6O5. The van der Waals surface area contributed by atoms with Gasteiger partial charge in [-0.25, -0.2) is 14.6 Å². The maximum absolute atomic E-state index is 12.9. The number of benzene rings is 1. The van der Waals surface area contributed by atoms with Gasteiger partial charge in [0.15, 0.2) is 5.65 Å².